The summed E-state index contributed by atoms with van der Waals surface area (Å²) in [6, 6.07) is 10.3. The number of benzene rings is 1. The van der Waals surface area contributed by atoms with Gasteiger partial charge in [0.25, 0.3) is 0 Å². The molecular weight excluding hydrogens is 196 g/mol. The summed E-state index contributed by atoms with van der Waals surface area (Å²) in [7, 11) is 0. The van der Waals surface area contributed by atoms with E-state index in [1.807, 2.05) is 24.4 Å². The Morgan fingerprint density at radius 3 is 2.62 bits per heavy atom. The predicted octanol–water partition coefficient (Wildman–Crippen LogP) is 3.67. The summed E-state index contributed by atoms with van der Waals surface area (Å²) in [5.74, 6) is 1.82. The normalized spacial score (nSPS) is 10.9. The van der Waals surface area contributed by atoms with Gasteiger partial charge in [0.05, 0.1) is 11.9 Å². The van der Waals surface area contributed by atoms with Crippen molar-refractivity contribution in [1.82, 2.24) is 9.97 Å². The van der Waals surface area contributed by atoms with E-state index < -0.39 is 0 Å². The molecule has 1 N–H and O–H groups in total. The highest BCUT2D eigenvalue weighted by Gasteiger charge is 2.03. The molecule has 0 saturated carbocycles. The zero-order valence-corrected chi connectivity index (χ0v) is 9.90. The number of nitrogens with zero attached hydrogens (tertiary/aromatic N) is 1. The second-order valence-corrected chi connectivity index (χ2v) is 4.54. The molecule has 0 aliphatic heterocycles. The molecule has 1 aromatic heterocycles. The van der Waals surface area contributed by atoms with E-state index in [-0.39, 0.29) is 0 Å². The van der Waals surface area contributed by atoms with Gasteiger partial charge in [-0.3, -0.25) is 0 Å². The maximum absolute atomic E-state index is 4.41. The van der Waals surface area contributed by atoms with Crippen LogP contribution in [-0.2, 0) is 6.42 Å². The fraction of sp³-hybridized carbons (Fsp3) is 0.357. The Balaban J connectivity index is 2.08. The van der Waals surface area contributed by atoms with Crippen LogP contribution < -0.4 is 0 Å². The molecule has 0 aliphatic rings. The third-order valence-corrected chi connectivity index (χ3v) is 2.67. The van der Waals surface area contributed by atoms with Crippen LogP contribution in [-0.4, -0.2) is 9.97 Å². The highest BCUT2D eigenvalue weighted by atomic mass is 14.9. The molecule has 0 bridgehead atoms. The van der Waals surface area contributed by atoms with Crippen molar-refractivity contribution in [3.05, 3.63) is 42.4 Å². The van der Waals surface area contributed by atoms with Crippen LogP contribution in [0.5, 0.6) is 0 Å². The maximum atomic E-state index is 4.41. The molecule has 0 unspecified atom stereocenters. The van der Waals surface area contributed by atoms with Gasteiger partial charge in [-0.25, -0.2) is 4.98 Å². The average Bonchev–Trinajstić information content (AvgIpc) is 2.76. The lowest BCUT2D eigenvalue weighted by molar-refractivity contribution is 0.577. The first-order valence-corrected chi connectivity index (χ1v) is 5.85. The molecule has 2 nitrogen and oxygen atoms in total. The number of aromatic amines is 1. The Bertz CT molecular complexity index is 429. The number of hydrogen-bond acceptors (Lipinski definition) is 1. The second kappa shape index (κ2) is 4.97. The van der Waals surface area contributed by atoms with Crippen LogP contribution in [0.25, 0.3) is 11.3 Å². The van der Waals surface area contributed by atoms with E-state index >= 15 is 0 Å². The molecule has 0 spiro atoms. The third kappa shape index (κ3) is 2.72. The maximum Gasteiger partial charge on any atom is 0.106 e. The van der Waals surface area contributed by atoms with Crippen LogP contribution in [0, 0.1) is 5.92 Å². The minimum absolute atomic E-state index is 0.727. The standard InChI is InChI=1S/C14H18N2/c1-11(2)8-9-14-15-10-13(16-14)12-6-4-3-5-7-12/h3-7,10-11H,8-9H2,1-2H3,(H,15,16). The Morgan fingerprint density at radius 1 is 1.19 bits per heavy atom. The predicted molar refractivity (Wildman–Crippen MR) is 67.2 cm³/mol. The molecule has 84 valence electrons. The monoisotopic (exact) mass is 214 g/mol. The number of nitrogens with one attached hydrogen (secondary N) is 1. The van der Waals surface area contributed by atoms with E-state index in [1.54, 1.807) is 0 Å². The first-order chi connectivity index (χ1) is 7.75. The minimum Gasteiger partial charge on any atom is -0.342 e. The number of aryl methyl sites for hydroxylation is 1. The van der Waals surface area contributed by atoms with E-state index in [0.717, 1.165) is 23.9 Å². The number of imidazole rings is 1. The summed E-state index contributed by atoms with van der Waals surface area (Å²) in [6.45, 7) is 4.47. The van der Waals surface area contributed by atoms with Crippen LogP contribution in [0.2, 0.25) is 0 Å². The molecular formula is C14H18N2. The van der Waals surface area contributed by atoms with Gasteiger partial charge in [-0.2, -0.15) is 0 Å². The highest BCUT2D eigenvalue weighted by molar-refractivity contribution is 5.57. The Labute approximate surface area is 96.7 Å². The van der Waals surface area contributed by atoms with Crippen molar-refractivity contribution in [2.45, 2.75) is 26.7 Å². The van der Waals surface area contributed by atoms with Gasteiger partial charge >= 0.3 is 0 Å². The highest BCUT2D eigenvalue weighted by Crippen LogP contribution is 2.17. The molecule has 0 saturated heterocycles. The minimum atomic E-state index is 0.727. The topological polar surface area (TPSA) is 28.7 Å². The molecule has 16 heavy (non-hydrogen) atoms. The van der Waals surface area contributed by atoms with E-state index in [4.69, 9.17) is 0 Å². The summed E-state index contributed by atoms with van der Waals surface area (Å²) in [4.78, 5) is 7.78. The summed E-state index contributed by atoms with van der Waals surface area (Å²) >= 11 is 0. The van der Waals surface area contributed by atoms with Gasteiger partial charge in [0.2, 0.25) is 0 Å². The molecule has 2 rings (SSSR count). The van der Waals surface area contributed by atoms with Crippen molar-refractivity contribution < 1.29 is 0 Å². The summed E-state index contributed by atoms with van der Waals surface area (Å²) in [6.07, 6.45) is 4.14. The number of rotatable bonds is 4. The molecule has 0 radical (unpaired) electrons. The smallest absolute Gasteiger partial charge is 0.106 e. The quantitative estimate of drug-likeness (QED) is 0.826. The second-order valence-electron chi connectivity index (χ2n) is 4.54. The SMILES string of the molecule is CC(C)CCc1ncc(-c2ccccc2)[nH]1. The van der Waals surface area contributed by atoms with Crippen LogP contribution in [0.1, 0.15) is 26.1 Å². The van der Waals surface area contributed by atoms with Crippen LogP contribution in [0.3, 0.4) is 0 Å². The van der Waals surface area contributed by atoms with Gasteiger partial charge in [-0.15, -0.1) is 0 Å². The fourth-order valence-electron chi connectivity index (χ4n) is 1.68. The van der Waals surface area contributed by atoms with Crippen molar-refractivity contribution in [3.63, 3.8) is 0 Å². The Kier molecular flexibility index (Phi) is 3.40. The van der Waals surface area contributed by atoms with Gasteiger partial charge in [0, 0.05) is 6.42 Å². The van der Waals surface area contributed by atoms with Crippen molar-refractivity contribution >= 4 is 0 Å². The average molecular weight is 214 g/mol. The lowest BCUT2D eigenvalue weighted by Gasteiger charge is -2.01. The molecule has 1 heterocycles. The summed E-state index contributed by atoms with van der Waals surface area (Å²) in [5, 5.41) is 0. The summed E-state index contributed by atoms with van der Waals surface area (Å²) in [5.41, 5.74) is 2.31. The van der Waals surface area contributed by atoms with Gasteiger partial charge in [-0.1, -0.05) is 44.2 Å². The van der Waals surface area contributed by atoms with Crippen molar-refractivity contribution in [1.29, 1.82) is 0 Å². The first kappa shape index (κ1) is 10.9. The molecule has 0 fully saturated rings. The van der Waals surface area contributed by atoms with E-state index in [2.05, 4.69) is 35.9 Å². The molecule has 0 amide bonds. The van der Waals surface area contributed by atoms with Crippen LogP contribution >= 0.6 is 0 Å². The van der Waals surface area contributed by atoms with Gasteiger partial charge in [-0.05, 0) is 17.9 Å². The number of hydrogen-bond donors (Lipinski definition) is 1. The molecule has 0 atom stereocenters. The van der Waals surface area contributed by atoms with Crippen molar-refractivity contribution in [3.8, 4) is 11.3 Å². The third-order valence-electron chi connectivity index (χ3n) is 2.67. The Morgan fingerprint density at radius 2 is 1.94 bits per heavy atom. The molecule has 1 aromatic carbocycles. The van der Waals surface area contributed by atoms with Gasteiger partial charge in [0.15, 0.2) is 0 Å². The largest absolute Gasteiger partial charge is 0.342 e. The number of aromatic nitrogens is 2. The van der Waals surface area contributed by atoms with Crippen LogP contribution in [0.15, 0.2) is 36.5 Å². The lowest BCUT2D eigenvalue weighted by atomic mass is 10.1. The first-order valence-electron chi connectivity index (χ1n) is 5.85. The van der Waals surface area contributed by atoms with Gasteiger partial charge < -0.3 is 4.98 Å². The van der Waals surface area contributed by atoms with Crippen molar-refractivity contribution in [2.24, 2.45) is 5.92 Å². The zero-order valence-electron chi connectivity index (χ0n) is 9.90. The molecule has 2 heteroatoms. The van der Waals surface area contributed by atoms with E-state index in [9.17, 15) is 0 Å². The van der Waals surface area contributed by atoms with E-state index in [0.29, 0.717) is 0 Å². The van der Waals surface area contributed by atoms with Crippen LogP contribution in [0.4, 0.5) is 0 Å². The summed E-state index contributed by atoms with van der Waals surface area (Å²) < 4.78 is 0. The Hall–Kier alpha value is -1.57. The zero-order chi connectivity index (χ0) is 11.4. The van der Waals surface area contributed by atoms with E-state index in [1.165, 1.54) is 12.0 Å². The fourth-order valence-corrected chi connectivity index (χ4v) is 1.68. The molecule has 2 aromatic rings. The number of H-pyrrole nitrogens is 1. The van der Waals surface area contributed by atoms with Gasteiger partial charge in [0.1, 0.15) is 5.82 Å². The lowest BCUT2D eigenvalue weighted by Crippen LogP contribution is -1.93. The van der Waals surface area contributed by atoms with Crippen molar-refractivity contribution in [2.75, 3.05) is 0 Å². The molecule has 0 aliphatic carbocycles.